The Labute approximate surface area is 206 Å². The van der Waals surface area contributed by atoms with Crippen molar-refractivity contribution >= 4 is 22.6 Å². The Kier molecular flexibility index (Phi) is 6.25. The molecule has 1 aliphatic carbocycles. The highest BCUT2D eigenvalue weighted by atomic mass is 16.5. The highest BCUT2D eigenvalue weighted by Gasteiger charge is 2.29. The number of nitrogens with zero attached hydrogens (tertiary/aromatic N) is 5. The molecule has 0 radical (unpaired) electrons. The van der Waals surface area contributed by atoms with Crippen LogP contribution in [0.15, 0.2) is 48.7 Å². The number of carbonyl (C=O) groups is 1. The van der Waals surface area contributed by atoms with Gasteiger partial charge in [-0.05, 0) is 36.3 Å². The van der Waals surface area contributed by atoms with Crippen molar-refractivity contribution in [2.24, 2.45) is 0 Å². The molecule has 0 N–H and O–H groups in total. The van der Waals surface area contributed by atoms with Gasteiger partial charge in [0.2, 0.25) is 5.95 Å². The first kappa shape index (κ1) is 22.3. The molecule has 7 nitrogen and oxygen atoms in total. The standard InChI is InChI=1S/C28H33N5O2/c34-27(20-35-26-10-3-6-21-5-1-2-9-24(21)26)32-13-11-22-19-29-28(30-25(22)12-14-32)33-17-15-31(16-18-33)23-7-4-8-23/h1-3,5-6,9-10,19,23H,4,7-8,11-18,20H2. The number of anilines is 1. The Hall–Kier alpha value is -3.19. The van der Waals surface area contributed by atoms with E-state index in [1.165, 1.54) is 19.3 Å². The van der Waals surface area contributed by atoms with Gasteiger partial charge in [0.1, 0.15) is 5.75 Å². The summed E-state index contributed by atoms with van der Waals surface area (Å²) in [7, 11) is 0. The number of carbonyl (C=O) groups excluding carboxylic acids is 1. The van der Waals surface area contributed by atoms with Gasteiger partial charge in [0, 0.05) is 63.3 Å². The van der Waals surface area contributed by atoms with Crippen LogP contribution < -0.4 is 9.64 Å². The summed E-state index contributed by atoms with van der Waals surface area (Å²) in [4.78, 5) is 29.5. The SMILES string of the molecule is O=C(COc1cccc2ccccc12)N1CCc2cnc(N3CCN(C4CCC4)CC3)nc2CC1. The number of benzene rings is 2. The van der Waals surface area contributed by atoms with E-state index in [1.807, 2.05) is 41.4 Å². The lowest BCUT2D eigenvalue weighted by Crippen LogP contribution is -2.52. The normalized spacial score (nSPS) is 19.2. The van der Waals surface area contributed by atoms with Gasteiger partial charge < -0.3 is 14.5 Å². The van der Waals surface area contributed by atoms with Crippen molar-refractivity contribution in [1.82, 2.24) is 19.8 Å². The molecule has 1 saturated carbocycles. The summed E-state index contributed by atoms with van der Waals surface area (Å²) >= 11 is 0. The molecule has 2 aliphatic heterocycles. The van der Waals surface area contributed by atoms with Crippen LogP contribution in [0.25, 0.3) is 10.8 Å². The van der Waals surface area contributed by atoms with Gasteiger partial charge >= 0.3 is 0 Å². The van der Waals surface area contributed by atoms with Gasteiger partial charge in [0.25, 0.3) is 5.91 Å². The summed E-state index contributed by atoms with van der Waals surface area (Å²) < 4.78 is 5.96. The Balaban J connectivity index is 1.06. The average Bonchev–Trinajstić information content (AvgIpc) is 3.09. The molecule has 0 atom stereocenters. The third-order valence-corrected chi connectivity index (χ3v) is 7.85. The Bertz CT molecular complexity index is 1200. The number of hydrogen-bond acceptors (Lipinski definition) is 6. The van der Waals surface area contributed by atoms with E-state index >= 15 is 0 Å². The monoisotopic (exact) mass is 471 g/mol. The molecule has 35 heavy (non-hydrogen) atoms. The van der Waals surface area contributed by atoms with Crippen molar-refractivity contribution in [3.8, 4) is 5.75 Å². The first-order chi connectivity index (χ1) is 17.2. The van der Waals surface area contributed by atoms with E-state index in [2.05, 4.69) is 21.9 Å². The third-order valence-electron chi connectivity index (χ3n) is 7.85. The van der Waals surface area contributed by atoms with Crippen molar-refractivity contribution < 1.29 is 9.53 Å². The zero-order valence-corrected chi connectivity index (χ0v) is 20.2. The molecule has 1 aromatic heterocycles. The topological polar surface area (TPSA) is 61.8 Å². The van der Waals surface area contributed by atoms with Gasteiger partial charge in [-0.1, -0.05) is 42.8 Å². The van der Waals surface area contributed by atoms with E-state index < -0.39 is 0 Å². The fraction of sp³-hybridized carbons (Fsp3) is 0.464. The molecule has 0 spiro atoms. The van der Waals surface area contributed by atoms with E-state index in [9.17, 15) is 4.79 Å². The van der Waals surface area contributed by atoms with E-state index in [4.69, 9.17) is 14.7 Å². The van der Waals surface area contributed by atoms with E-state index in [0.717, 1.165) is 78.8 Å². The average molecular weight is 472 g/mol. The molecule has 7 heteroatoms. The molecule has 6 rings (SSSR count). The first-order valence-electron chi connectivity index (χ1n) is 13.0. The molecule has 0 bridgehead atoms. The van der Waals surface area contributed by atoms with Crippen molar-refractivity contribution in [3.63, 3.8) is 0 Å². The summed E-state index contributed by atoms with van der Waals surface area (Å²) in [5.41, 5.74) is 2.24. The van der Waals surface area contributed by atoms with Gasteiger partial charge in [-0.25, -0.2) is 9.97 Å². The van der Waals surface area contributed by atoms with E-state index in [0.29, 0.717) is 13.1 Å². The second kappa shape index (κ2) is 9.82. The van der Waals surface area contributed by atoms with Crippen LogP contribution in [0.3, 0.4) is 0 Å². The number of hydrogen-bond donors (Lipinski definition) is 0. The lowest BCUT2D eigenvalue weighted by atomic mass is 9.91. The number of fused-ring (bicyclic) bond motifs is 2. The summed E-state index contributed by atoms with van der Waals surface area (Å²) in [5.74, 6) is 1.62. The Morgan fingerprint density at radius 1 is 0.943 bits per heavy atom. The van der Waals surface area contributed by atoms with Crippen LogP contribution >= 0.6 is 0 Å². The summed E-state index contributed by atoms with van der Waals surface area (Å²) in [6.45, 7) is 5.57. The third kappa shape index (κ3) is 4.69. The van der Waals surface area contributed by atoms with Crippen LogP contribution in [0.4, 0.5) is 5.95 Å². The van der Waals surface area contributed by atoms with Crippen LogP contribution in [0.2, 0.25) is 0 Å². The molecular weight excluding hydrogens is 438 g/mol. The molecule has 1 amide bonds. The molecule has 182 valence electrons. The second-order valence-corrected chi connectivity index (χ2v) is 9.90. The molecule has 3 aromatic rings. The van der Waals surface area contributed by atoms with Gasteiger partial charge in [-0.2, -0.15) is 0 Å². The largest absolute Gasteiger partial charge is 0.483 e. The highest BCUT2D eigenvalue weighted by molar-refractivity contribution is 5.88. The van der Waals surface area contributed by atoms with Crippen molar-refractivity contribution in [2.75, 3.05) is 50.8 Å². The van der Waals surface area contributed by atoms with Gasteiger partial charge in [0.05, 0.1) is 5.69 Å². The maximum atomic E-state index is 13.0. The van der Waals surface area contributed by atoms with Gasteiger partial charge in [0.15, 0.2) is 6.61 Å². The minimum atomic E-state index is 0.0195. The highest BCUT2D eigenvalue weighted by Crippen LogP contribution is 2.27. The minimum absolute atomic E-state index is 0.0195. The molecule has 2 fully saturated rings. The first-order valence-corrected chi connectivity index (χ1v) is 13.0. The number of piperazine rings is 1. The lowest BCUT2D eigenvalue weighted by Gasteiger charge is -2.43. The smallest absolute Gasteiger partial charge is 0.260 e. The van der Waals surface area contributed by atoms with Crippen LogP contribution in [0, 0.1) is 0 Å². The molecule has 2 aromatic carbocycles. The quantitative estimate of drug-likeness (QED) is 0.569. The van der Waals surface area contributed by atoms with Crippen molar-refractivity contribution in [2.45, 2.75) is 38.1 Å². The van der Waals surface area contributed by atoms with Crippen LogP contribution in [-0.2, 0) is 17.6 Å². The van der Waals surface area contributed by atoms with Crippen molar-refractivity contribution in [3.05, 3.63) is 59.9 Å². The summed E-state index contributed by atoms with van der Waals surface area (Å²) in [6.07, 6.45) is 7.62. The zero-order chi connectivity index (χ0) is 23.6. The number of aromatic nitrogens is 2. The molecule has 1 saturated heterocycles. The number of rotatable bonds is 5. The van der Waals surface area contributed by atoms with E-state index in [1.54, 1.807) is 0 Å². The lowest BCUT2D eigenvalue weighted by molar-refractivity contribution is -0.133. The predicted molar refractivity (Wildman–Crippen MR) is 137 cm³/mol. The van der Waals surface area contributed by atoms with Crippen LogP contribution in [0.1, 0.15) is 30.5 Å². The number of amides is 1. The van der Waals surface area contributed by atoms with Gasteiger partial charge in [-0.3, -0.25) is 9.69 Å². The molecule has 0 unspecified atom stereocenters. The Morgan fingerprint density at radius 3 is 2.57 bits per heavy atom. The van der Waals surface area contributed by atoms with Crippen molar-refractivity contribution in [1.29, 1.82) is 0 Å². The fourth-order valence-corrected chi connectivity index (χ4v) is 5.46. The maximum Gasteiger partial charge on any atom is 0.260 e. The molecular formula is C28H33N5O2. The summed E-state index contributed by atoms with van der Waals surface area (Å²) in [6, 6.07) is 14.8. The molecule has 3 aliphatic rings. The number of ether oxygens (including phenoxy) is 1. The second-order valence-electron chi connectivity index (χ2n) is 9.90. The van der Waals surface area contributed by atoms with Crippen LogP contribution in [0.5, 0.6) is 5.75 Å². The van der Waals surface area contributed by atoms with Crippen LogP contribution in [-0.4, -0.2) is 77.6 Å². The zero-order valence-electron chi connectivity index (χ0n) is 20.2. The Morgan fingerprint density at radius 2 is 1.74 bits per heavy atom. The van der Waals surface area contributed by atoms with Gasteiger partial charge in [-0.15, -0.1) is 0 Å². The predicted octanol–water partition coefficient (Wildman–Crippen LogP) is 3.31. The maximum absolute atomic E-state index is 13.0. The minimum Gasteiger partial charge on any atom is -0.483 e. The fourth-order valence-electron chi connectivity index (χ4n) is 5.46. The molecule has 3 heterocycles. The van der Waals surface area contributed by atoms with E-state index in [-0.39, 0.29) is 12.5 Å². The summed E-state index contributed by atoms with van der Waals surface area (Å²) in [5, 5.41) is 2.14.